The first-order chi connectivity index (χ1) is 12.6. The lowest BCUT2D eigenvalue weighted by molar-refractivity contribution is -0.384. The van der Waals surface area contributed by atoms with Gasteiger partial charge in [0.15, 0.2) is 9.84 Å². The molecule has 11 heteroatoms. The molecule has 0 fully saturated rings. The van der Waals surface area contributed by atoms with Crippen LogP contribution in [0.25, 0.3) is 0 Å². The summed E-state index contributed by atoms with van der Waals surface area (Å²) in [4.78, 5) is 20.5. The molecule has 27 heavy (non-hydrogen) atoms. The van der Waals surface area contributed by atoms with E-state index < -0.39 is 19.7 Å². The number of aryl methyl sites for hydroxylation is 2. The van der Waals surface area contributed by atoms with Crippen molar-refractivity contribution in [1.82, 2.24) is 0 Å². The number of nitro benzene ring substituents is 2. The van der Waals surface area contributed by atoms with Crippen LogP contribution >= 0.6 is 23.2 Å². The van der Waals surface area contributed by atoms with Crippen LogP contribution in [0.2, 0.25) is 10.0 Å². The Balaban J connectivity index is 2.02. The minimum absolute atomic E-state index is 0.0176. The summed E-state index contributed by atoms with van der Waals surface area (Å²) in [5.41, 5.74) is 0.411. The zero-order valence-corrected chi connectivity index (χ0v) is 16.1. The Kier molecular flexibility index (Phi) is 6.74. The lowest BCUT2D eigenvalue weighted by Crippen LogP contribution is -2.15. The number of nitrogens with zero attached hydrogens (tertiary/aromatic N) is 2. The number of benzene rings is 2. The minimum atomic E-state index is -3.47. The topological polar surface area (TPSA) is 120 Å². The van der Waals surface area contributed by atoms with Crippen LogP contribution in [0.3, 0.4) is 0 Å². The van der Waals surface area contributed by atoms with Crippen LogP contribution in [0.4, 0.5) is 11.4 Å². The molecule has 8 nitrogen and oxygen atoms in total. The second kappa shape index (κ2) is 8.64. The Morgan fingerprint density at radius 1 is 0.778 bits per heavy atom. The second-order valence-corrected chi connectivity index (χ2v) is 8.86. The Labute approximate surface area is 164 Å². The molecule has 0 heterocycles. The van der Waals surface area contributed by atoms with Gasteiger partial charge in [-0.1, -0.05) is 35.3 Å². The van der Waals surface area contributed by atoms with Gasteiger partial charge in [0.1, 0.15) is 10.0 Å². The molecule has 144 valence electrons. The summed E-state index contributed by atoms with van der Waals surface area (Å²) in [6, 6.07) is 8.28. The average Bonchev–Trinajstić information content (AvgIpc) is 2.60. The van der Waals surface area contributed by atoms with Crippen molar-refractivity contribution in [3.63, 3.8) is 0 Å². The number of hydrogen-bond acceptors (Lipinski definition) is 6. The van der Waals surface area contributed by atoms with E-state index in [4.69, 9.17) is 23.2 Å². The molecular formula is C16H14Cl2N2O6S. The third-order valence-corrected chi connectivity index (χ3v) is 6.11. The zero-order valence-electron chi connectivity index (χ0n) is 13.8. The van der Waals surface area contributed by atoms with Crippen molar-refractivity contribution in [3.05, 3.63) is 77.8 Å². The fourth-order valence-electron chi connectivity index (χ4n) is 2.36. The first-order valence-corrected chi connectivity index (χ1v) is 10.2. The standard InChI is InChI=1S/C16H14Cl2N2O6S/c17-13-3-1-11(9-15(13)19(21)22)5-7-27(25,26)8-6-12-2-4-14(18)16(10-12)20(23)24/h1-4,9-10H,5-8H2. The fraction of sp³-hybridized carbons (Fsp3) is 0.250. The maximum absolute atomic E-state index is 12.2. The normalized spacial score (nSPS) is 11.3. The van der Waals surface area contributed by atoms with Gasteiger partial charge in [-0.3, -0.25) is 20.2 Å². The monoisotopic (exact) mass is 432 g/mol. The van der Waals surface area contributed by atoms with Crippen molar-refractivity contribution in [2.75, 3.05) is 11.5 Å². The van der Waals surface area contributed by atoms with Gasteiger partial charge in [0, 0.05) is 12.1 Å². The van der Waals surface area contributed by atoms with E-state index in [2.05, 4.69) is 0 Å². The predicted octanol–water partition coefficient (Wildman–Crippen LogP) is 4.01. The van der Waals surface area contributed by atoms with E-state index in [1.165, 1.54) is 36.4 Å². The van der Waals surface area contributed by atoms with Crippen molar-refractivity contribution < 1.29 is 18.3 Å². The largest absolute Gasteiger partial charge is 0.288 e. The van der Waals surface area contributed by atoms with Crippen molar-refractivity contribution in [1.29, 1.82) is 0 Å². The van der Waals surface area contributed by atoms with Crippen LogP contribution in [0.5, 0.6) is 0 Å². The third-order valence-electron chi connectivity index (χ3n) is 3.82. The molecule has 0 aliphatic rings. The van der Waals surface area contributed by atoms with E-state index in [0.29, 0.717) is 11.1 Å². The first kappa shape index (κ1) is 21.1. The zero-order chi connectivity index (χ0) is 20.2. The van der Waals surface area contributed by atoms with Gasteiger partial charge in [0.05, 0.1) is 21.4 Å². The quantitative estimate of drug-likeness (QED) is 0.458. The molecule has 0 radical (unpaired) electrons. The van der Waals surface area contributed by atoms with Crippen molar-refractivity contribution in [3.8, 4) is 0 Å². The van der Waals surface area contributed by atoms with E-state index >= 15 is 0 Å². The predicted molar refractivity (Wildman–Crippen MR) is 102 cm³/mol. The van der Waals surface area contributed by atoms with E-state index in [0.717, 1.165) is 0 Å². The highest BCUT2D eigenvalue weighted by molar-refractivity contribution is 7.91. The molecule has 2 aromatic rings. The molecule has 0 spiro atoms. The van der Waals surface area contributed by atoms with E-state index in [9.17, 15) is 28.6 Å². The average molecular weight is 433 g/mol. The van der Waals surface area contributed by atoms with Crippen LogP contribution in [-0.4, -0.2) is 29.8 Å². The number of nitro groups is 2. The van der Waals surface area contributed by atoms with Gasteiger partial charge in [-0.05, 0) is 36.1 Å². The number of hydrogen-bond donors (Lipinski definition) is 0. The Morgan fingerprint density at radius 2 is 1.15 bits per heavy atom. The summed E-state index contributed by atoms with van der Waals surface area (Å²) < 4.78 is 24.5. The van der Waals surface area contributed by atoms with Crippen LogP contribution in [0, 0.1) is 20.2 Å². The van der Waals surface area contributed by atoms with E-state index in [-0.39, 0.29) is 45.8 Å². The molecule has 0 unspecified atom stereocenters. The van der Waals surface area contributed by atoms with Crippen molar-refractivity contribution in [2.45, 2.75) is 12.8 Å². The highest BCUT2D eigenvalue weighted by atomic mass is 35.5. The minimum Gasteiger partial charge on any atom is -0.258 e. The summed E-state index contributed by atoms with van der Waals surface area (Å²) >= 11 is 11.5. The molecule has 0 aliphatic heterocycles. The summed E-state index contributed by atoms with van der Waals surface area (Å²) in [5, 5.41) is 21.7. The summed E-state index contributed by atoms with van der Waals surface area (Å²) in [5.74, 6) is -0.414. The molecule has 0 saturated carbocycles. The SMILES string of the molecule is O=[N+]([O-])c1cc(CCS(=O)(=O)CCc2ccc(Cl)c([N+](=O)[O-])c2)ccc1Cl. The van der Waals surface area contributed by atoms with Gasteiger partial charge in [0.2, 0.25) is 0 Å². The Hall–Kier alpha value is -2.23. The van der Waals surface area contributed by atoms with Crippen LogP contribution < -0.4 is 0 Å². The van der Waals surface area contributed by atoms with Gasteiger partial charge in [-0.15, -0.1) is 0 Å². The lowest BCUT2D eigenvalue weighted by atomic mass is 10.1. The van der Waals surface area contributed by atoms with Crippen molar-refractivity contribution >= 4 is 44.4 Å². The molecular weight excluding hydrogens is 419 g/mol. The second-order valence-electron chi connectivity index (χ2n) is 5.74. The van der Waals surface area contributed by atoms with Gasteiger partial charge in [0.25, 0.3) is 11.4 Å². The Bertz CT molecular complexity index is 921. The summed E-state index contributed by atoms with van der Waals surface area (Å²) in [7, 11) is -3.47. The Morgan fingerprint density at radius 3 is 1.48 bits per heavy atom. The smallest absolute Gasteiger partial charge is 0.258 e. The van der Waals surface area contributed by atoms with Gasteiger partial charge >= 0.3 is 0 Å². The maximum atomic E-state index is 12.2. The van der Waals surface area contributed by atoms with Crippen molar-refractivity contribution in [2.24, 2.45) is 0 Å². The number of halogens is 2. The van der Waals surface area contributed by atoms with Crippen LogP contribution in [0.15, 0.2) is 36.4 Å². The molecule has 0 amide bonds. The highest BCUT2D eigenvalue weighted by Gasteiger charge is 2.17. The molecule has 2 aromatic carbocycles. The molecule has 0 saturated heterocycles. The third kappa shape index (κ3) is 5.88. The van der Waals surface area contributed by atoms with Gasteiger partial charge < -0.3 is 0 Å². The molecule has 0 atom stereocenters. The first-order valence-electron chi connectivity index (χ1n) is 7.65. The van der Waals surface area contributed by atoms with Crippen LogP contribution in [0.1, 0.15) is 11.1 Å². The maximum Gasteiger partial charge on any atom is 0.288 e. The van der Waals surface area contributed by atoms with Crippen LogP contribution in [-0.2, 0) is 22.7 Å². The van der Waals surface area contributed by atoms with Gasteiger partial charge in [-0.2, -0.15) is 0 Å². The van der Waals surface area contributed by atoms with Gasteiger partial charge in [-0.25, -0.2) is 8.42 Å². The molecule has 0 bridgehead atoms. The highest BCUT2D eigenvalue weighted by Crippen LogP contribution is 2.26. The number of sulfone groups is 1. The lowest BCUT2D eigenvalue weighted by Gasteiger charge is -2.06. The summed E-state index contributed by atoms with van der Waals surface area (Å²) in [6.07, 6.45) is 0.197. The van der Waals surface area contributed by atoms with E-state index in [1.807, 2.05) is 0 Å². The summed E-state index contributed by atoms with van der Waals surface area (Å²) in [6.45, 7) is 0. The molecule has 0 aliphatic carbocycles. The fourth-order valence-corrected chi connectivity index (χ4v) is 4.03. The molecule has 2 rings (SSSR count). The molecule has 0 N–H and O–H groups in total. The molecule has 0 aromatic heterocycles. The number of rotatable bonds is 8. The van der Waals surface area contributed by atoms with E-state index in [1.54, 1.807) is 0 Å².